The fourth-order valence-corrected chi connectivity index (χ4v) is 1.05. The lowest BCUT2D eigenvalue weighted by atomic mass is 10.2. The zero-order valence-electron chi connectivity index (χ0n) is 8.61. The molecule has 3 heteroatoms. The van der Waals surface area contributed by atoms with Crippen molar-refractivity contribution in [3.8, 4) is 0 Å². The minimum absolute atomic E-state index is 0. The molecule has 1 rings (SSSR count). The molecule has 0 fully saturated rings. The second-order valence-corrected chi connectivity index (χ2v) is 3.31. The molecule has 0 aromatic heterocycles. The van der Waals surface area contributed by atoms with Gasteiger partial charge in [-0.2, -0.15) is 0 Å². The van der Waals surface area contributed by atoms with Crippen LogP contribution in [-0.4, -0.2) is 28.2 Å². The predicted octanol–water partition coefficient (Wildman–Crippen LogP) is 2.24. The Morgan fingerprint density at radius 1 is 0.692 bits per heavy atom. The Morgan fingerprint density at radius 2 is 0.923 bits per heavy atom. The lowest BCUT2D eigenvalue weighted by Crippen LogP contribution is -2.10. The molecule has 1 aromatic rings. The fraction of sp³-hybridized carbons (Fsp3) is 0.400. The first-order chi connectivity index (χ1) is 5.61. The summed E-state index contributed by atoms with van der Waals surface area (Å²) in [6.07, 6.45) is 0. The molecule has 1 aromatic carbocycles. The molecule has 0 atom stereocenters. The van der Waals surface area contributed by atoms with Crippen molar-refractivity contribution in [2.75, 3.05) is 38.0 Å². The molecule has 2 nitrogen and oxygen atoms in total. The van der Waals surface area contributed by atoms with E-state index in [0.717, 1.165) is 0 Å². The Kier molecular flexibility index (Phi) is 4.63. The summed E-state index contributed by atoms with van der Waals surface area (Å²) in [6.45, 7) is 0. The molecule has 0 aliphatic rings. The number of rotatable bonds is 2. The van der Waals surface area contributed by atoms with Crippen LogP contribution in [0.2, 0.25) is 0 Å². The summed E-state index contributed by atoms with van der Waals surface area (Å²) in [4.78, 5) is 4.19. The van der Waals surface area contributed by atoms with Gasteiger partial charge in [0, 0.05) is 39.6 Å². The molecule has 0 spiro atoms. The van der Waals surface area contributed by atoms with Crippen molar-refractivity contribution < 1.29 is 0 Å². The van der Waals surface area contributed by atoms with Gasteiger partial charge in [0.25, 0.3) is 0 Å². The summed E-state index contributed by atoms with van der Waals surface area (Å²) >= 11 is 0. The number of anilines is 2. The molecule has 0 unspecified atom stereocenters. The minimum Gasteiger partial charge on any atom is -0.378 e. The topological polar surface area (TPSA) is 6.48 Å². The second kappa shape index (κ2) is 4.97. The number of hydrogen-bond acceptors (Lipinski definition) is 2. The molecule has 0 aliphatic heterocycles. The Balaban J connectivity index is 0.00000144. The van der Waals surface area contributed by atoms with E-state index in [1.807, 2.05) is 28.2 Å². The van der Waals surface area contributed by atoms with Crippen LogP contribution in [0.5, 0.6) is 0 Å². The van der Waals surface area contributed by atoms with Crippen LogP contribution in [0.4, 0.5) is 11.4 Å². The van der Waals surface area contributed by atoms with E-state index in [1.54, 1.807) is 0 Å². The van der Waals surface area contributed by atoms with Crippen molar-refractivity contribution in [1.82, 2.24) is 0 Å². The van der Waals surface area contributed by atoms with Crippen molar-refractivity contribution >= 4 is 23.8 Å². The van der Waals surface area contributed by atoms with Crippen molar-refractivity contribution in [2.45, 2.75) is 0 Å². The normalized spacial score (nSPS) is 8.92. The predicted molar refractivity (Wildman–Crippen MR) is 62.3 cm³/mol. The van der Waals surface area contributed by atoms with Crippen LogP contribution in [0.25, 0.3) is 0 Å². The van der Waals surface area contributed by atoms with E-state index in [4.69, 9.17) is 0 Å². The monoisotopic (exact) mass is 200 g/mol. The highest BCUT2D eigenvalue weighted by atomic mass is 35.5. The zero-order chi connectivity index (χ0) is 9.14. The smallest absolute Gasteiger partial charge is 0.0362 e. The number of nitrogens with zero attached hydrogens (tertiary/aromatic N) is 2. The third-order valence-electron chi connectivity index (χ3n) is 1.88. The number of hydrogen-bond donors (Lipinski definition) is 0. The molecule has 0 aliphatic carbocycles. The Morgan fingerprint density at radius 3 is 1.08 bits per heavy atom. The van der Waals surface area contributed by atoms with Crippen LogP contribution in [0.15, 0.2) is 24.3 Å². The summed E-state index contributed by atoms with van der Waals surface area (Å²) in [7, 11) is 8.19. The van der Waals surface area contributed by atoms with Crippen LogP contribution in [0.1, 0.15) is 0 Å². The maximum atomic E-state index is 2.12. The average Bonchev–Trinajstić information content (AvgIpc) is 2.04. The van der Waals surface area contributed by atoms with Gasteiger partial charge in [-0.25, -0.2) is 0 Å². The Labute approximate surface area is 86.6 Å². The number of halogens is 1. The van der Waals surface area contributed by atoms with Crippen molar-refractivity contribution in [1.29, 1.82) is 0 Å². The van der Waals surface area contributed by atoms with Crippen LogP contribution in [0, 0.1) is 0 Å². The van der Waals surface area contributed by atoms with Gasteiger partial charge in [0.1, 0.15) is 0 Å². The van der Waals surface area contributed by atoms with Crippen molar-refractivity contribution in [3.63, 3.8) is 0 Å². The lowest BCUT2D eigenvalue weighted by molar-refractivity contribution is 1.11. The first-order valence-corrected chi connectivity index (χ1v) is 4.06. The van der Waals surface area contributed by atoms with Gasteiger partial charge >= 0.3 is 0 Å². The van der Waals surface area contributed by atoms with E-state index in [9.17, 15) is 0 Å². The maximum Gasteiger partial charge on any atom is 0.0362 e. The third-order valence-corrected chi connectivity index (χ3v) is 1.88. The van der Waals surface area contributed by atoms with Gasteiger partial charge in [-0.1, -0.05) is 0 Å². The maximum absolute atomic E-state index is 2.12. The summed E-state index contributed by atoms with van der Waals surface area (Å²) in [5.41, 5.74) is 2.47. The molecule has 0 amide bonds. The van der Waals surface area contributed by atoms with E-state index in [2.05, 4.69) is 34.1 Å². The molecular formula is C10H17ClN2. The third kappa shape index (κ3) is 3.15. The highest BCUT2D eigenvalue weighted by molar-refractivity contribution is 5.85. The molecule has 0 saturated heterocycles. The summed E-state index contributed by atoms with van der Waals surface area (Å²) in [6, 6.07) is 8.48. The summed E-state index contributed by atoms with van der Waals surface area (Å²) in [5, 5.41) is 0. The van der Waals surface area contributed by atoms with Crippen LogP contribution in [-0.2, 0) is 0 Å². The van der Waals surface area contributed by atoms with Gasteiger partial charge in [0.05, 0.1) is 0 Å². The van der Waals surface area contributed by atoms with Gasteiger partial charge in [-0.05, 0) is 24.3 Å². The van der Waals surface area contributed by atoms with Crippen LogP contribution < -0.4 is 9.80 Å². The quantitative estimate of drug-likeness (QED) is 0.723. The Bertz CT molecular complexity index is 215. The van der Waals surface area contributed by atoms with Crippen LogP contribution in [0.3, 0.4) is 0 Å². The lowest BCUT2D eigenvalue weighted by Gasteiger charge is -2.16. The fourth-order valence-electron chi connectivity index (χ4n) is 1.05. The standard InChI is InChI=1S/C10H16N2.ClH/c1-11(2)9-5-7-10(8-6-9)12(3)4;/h5-8H,1-4H3;1H. The van der Waals surface area contributed by atoms with Crippen LogP contribution >= 0.6 is 12.4 Å². The van der Waals surface area contributed by atoms with Crippen molar-refractivity contribution in [2.24, 2.45) is 0 Å². The van der Waals surface area contributed by atoms with Gasteiger partial charge in [-0.3, -0.25) is 0 Å². The molecule has 0 bridgehead atoms. The molecule has 0 N–H and O–H groups in total. The van der Waals surface area contributed by atoms with Crippen molar-refractivity contribution in [3.05, 3.63) is 24.3 Å². The SMILES string of the molecule is CN(C)c1ccc(N(C)C)cc1.Cl. The van der Waals surface area contributed by atoms with E-state index in [0.29, 0.717) is 0 Å². The molecule has 0 heterocycles. The summed E-state index contributed by atoms with van der Waals surface area (Å²) in [5.74, 6) is 0. The molecule has 0 saturated carbocycles. The highest BCUT2D eigenvalue weighted by Crippen LogP contribution is 2.16. The minimum atomic E-state index is 0. The number of benzene rings is 1. The first-order valence-electron chi connectivity index (χ1n) is 4.06. The van der Waals surface area contributed by atoms with E-state index < -0.39 is 0 Å². The van der Waals surface area contributed by atoms with E-state index in [-0.39, 0.29) is 12.4 Å². The molecule has 74 valence electrons. The zero-order valence-corrected chi connectivity index (χ0v) is 9.43. The largest absolute Gasteiger partial charge is 0.378 e. The summed E-state index contributed by atoms with van der Waals surface area (Å²) < 4.78 is 0. The highest BCUT2D eigenvalue weighted by Gasteiger charge is 1.96. The van der Waals surface area contributed by atoms with Gasteiger partial charge in [0.15, 0.2) is 0 Å². The molecular weight excluding hydrogens is 184 g/mol. The average molecular weight is 201 g/mol. The molecule has 13 heavy (non-hydrogen) atoms. The van der Waals surface area contributed by atoms with Gasteiger partial charge in [0.2, 0.25) is 0 Å². The van der Waals surface area contributed by atoms with E-state index in [1.165, 1.54) is 11.4 Å². The van der Waals surface area contributed by atoms with Gasteiger partial charge in [-0.15, -0.1) is 12.4 Å². The molecule has 0 radical (unpaired) electrons. The Hall–Kier alpha value is -0.890. The van der Waals surface area contributed by atoms with E-state index >= 15 is 0 Å². The first kappa shape index (κ1) is 12.1. The van der Waals surface area contributed by atoms with Gasteiger partial charge < -0.3 is 9.80 Å². The second-order valence-electron chi connectivity index (χ2n) is 3.31.